The molecule has 3 aromatic carbocycles. The van der Waals surface area contributed by atoms with E-state index in [-0.39, 0.29) is 31.2 Å². The molecule has 1 saturated carbocycles. The lowest BCUT2D eigenvalue weighted by molar-refractivity contribution is -0.127. The highest BCUT2D eigenvalue weighted by Crippen LogP contribution is 2.38. The molecule has 6 rings (SSSR count). The number of fused-ring (bicyclic) bond motifs is 2. The number of nitrogens with zero attached hydrogens (tertiary/aromatic N) is 4. The molecule has 1 N–H and O–H groups in total. The lowest BCUT2D eigenvalue weighted by Crippen LogP contribution is -2.48. The van der Waals surface area contributed by atoms with E-state index in [1.54, 1.807) is 47.1 Å². The average molecular weight is 546 g/mol. The Bertz CT molecular complexity index is 1500. The summed E-state index contributed by atoms with van der Waals surface area (Å²) in [5.41, 5.74) is 2.56. The zero-order valence-corrected chi connectivity index (χ0v) is 22.0. The molecule has 0 bridgehead atoms. The first-order valence-electron chi connectivity index (χ1n) is 13.1. The molecule has 2 heterocycles. The van der Waals surface area contributed by atoms with Gasteiger partial charge < -0.3 is 14.8 Å². The van der Waals surface area contributed by atoms with Gasteiger partial charge in [0.15, 0.2) is 11.5 Å². The number of rotatable bonds is 7. The van der Waals surface area contributed by atoms with Crippen LogP contribution >= 0.6 is 11.6 Å². The number of anilines is 1. The highest BCUT2D eigenvalue weighted by Gasteiger charge is 2.35. The van der Waals surface area contributed by atoms with E-state index < -0.39 is 6.04 Å². The molecule has 39 heavy (non-hydrogen) atoms. The van der Waals surface area contributed by atoms with Gasteiger partial charge in [0.1, 0.15) is 18.1 Å². The van der Waals surface area contributed by atoms with E-state index in [2.05, 4.69) is 15.6 Å². The SMILES string of the molecule is O=C(NC1CCCCC1)[C@@H](c1ccc(Cl)cc1)N(C(=O)Cn1nnc2ccccc21)c1ccc2c(c1)OCO2. The first-order valence-corrected chi connectivity index (χ1v) is 13.5. The Hall–Kier alpha value is -4.11. The third-order valence-corrected chi connectivity index (χ3v) is 7.50. The van der Waals surface area contributed by atoms with E-state index >= 15 is 0 Å². The molecular weight excluding hydrogens is 518 g/mol. The van der Waals surface area contributed by atoms with Gasteiger partial charge in [-0.05, 0) is 54.8 Å². The fourth-order valence-electron chi connectivity index (χ4n) is 5.30. The summed E-state index contributed by atoms with van der Waals surface area (Å²) in [5.74, 6) is 0.518. The number of amides is 2. The van der Waals surface area contributed by atoms with Crippen molar-refractivity contribution in [1.29, 1.82) is 0 Å². The number of halogens is 1. The summed E-state index contributed by atoms with van der Waals surface area (Å²) in [5, 5.41) is 12.2. The molecule has 2 amide bonds. The van der Waals surface area contributed by atoms with Gasteiger partial charge in [-0.15, -0.1) is 5.10 Å². The van der Waals surface area contributed by atoms with Crippen molar-refractivity contribution in [2.24, 2.45) is 0 Å². The van der Waals surface area contributed by atoms with Crippen LogP contribution in [0.5, 0.6) is 11.5 Å². The van der Waals surface area contributed by atoms with Crippen molar-refractivity contribution in [3.63, 3.8) is 0 Å². The number of para-hydroxylation sites is 1. The molecule has 9 nitrogen and oxygen atoms in total. The van der Waals surface area contributed by atoms with Crippen molar-refractivity contribution in [2.45, 2.75) is 50.7 Å². The quantitative estimate of drug-likeness (QED) is 0.349. The second-order valence-electron chi connectivity index (χ2n) is 9.83. The number of hydrogen-bond acceptors (Lipinski definition) is 6. The standard InChI is InChI=1S/C29H28ClN5O4/c30-20-12-10-19(11-13-20)28(29(37)31-21-6-2-1-3-7-21)35(22-14-15-25-26(16-22)39-18-38-25)27(36)17-34-24-9-5-4-8-23(24)32-33-34/h4-5,8-16,21,28H,1-3,6-7,17-18H2,(H,31,37)/t28-/m1/s1. The number of hydrogen-bond donors (Lipinski definition) is 1. The maximum atomic E-state index is 14.2. The molecule has 200 valence electrons. The van der Waals surface area contributed by atoms with Gasteiger partial charge in [0.25, 0.3) is 0 Å². The van der Waals surface area contributed by atoms with Crippen molar-refractivity contribution in [2.75, 3.05) is 11.7 Å². The lowest BCUT2D eigenvalue weighted by atomic mass is 9.94. The highest BCUT2D eigenvalue weighted by atomic mass is 35.5. The first kappa shape index (κ1) is 25.2. The summed E-state index contributed by atoms with van der Waals surface area (Å²) in [7, 11) is 0. The number of aromatic nitrogens is 3. The zero-order chi connectivity index (χ0) is 26.8. The minimum absolute atomic E-state index is 0.0639. The Labute approximate surface area is 230 Å². The van der Waals surface area contributed by atoms with Crippen LogP contribution in [0.25, 0.3) is 11.0 Å². The summed E-state index contributed by atoms with van der Waals surface area (Å²) in [6.45, 7) is -0.0176. The van der Waals surface area contributed by atoms with Crippen molar-refractivity contribution >= 4 is 40.1 Å². The van der Waals surface area contributed by atoms with Crippen LogP contribution in [0.3, 0.4) is 0 Å². The lowest BCUT2D eigenvalue weighted by Gasteiger charge is -2.33. The molecule has 2 aliphatic rings. The topological polar surface area (TPSA) is 98.6 Å². The monoisotopic (exact) mass is 545 g/mol. The Morgan fingerprint density at radius 1 is 1.00 bits per heavy atom. The maximum absolute atomic E-state index is 14.2. The Morgan fingerprint density at radius 2 is 1.77 bits per heavy atom. The molecule has 0 unspecified atom stereocenters. The van der Waals surface area contributed by atoms with Crippen LogP contribution in [-0.2, 0) is 16.1 Å². The van der Waals surface area contributed by atoms with Crippen LogP contribution in [0.15, 0.2) is 66.7 Å². The molecule has 0 spiro atoms. The smallest absolute Gasteiger partial charge is 0.249 e. The number of ether oxygens (including phenoxy) is 2. The Kier molecular flexibility index (Phi) is 7.06. The van der Waals surface area contributed by atoms with Gasteiger partial charge in [0.05, 0.1) is 5.52 Å². The third-order valence-electron chi connectivity index (χ3n) is 7.25. The largest absolute Gasteiger partial charge is 0.454 e. The normalized spacial score (nSPS) is 15.7. The van der Waals surface area contributed by atoms with Gasteiger partial charge in [-0.3, -0.25) is 14.5 Å². The second-order valence-corrected chi connectivity index (χ2v) is 10.3. The minimum atomic E-state index is -0.952. The van der Waals surface area contributed by atoms with Gasteiger partial charge in [-0.1, -0.05) is 60.3 Å². The molecule has 1 fully saturated rings. The summed E-state index contributed by atoms with van der Waals surface area (Å²) >= 11 is 6.19. The third kappa shape index (κ3) is 5.27. The predicted octanol–water partition coefficient (Wildman–Crippen LogP) is 5.04. The molecule has 4 aromatic rings. The summed E-state index contributed by atoms with van der Waals surface area (Å²) < 4.78 is 12.7. The van der Waals surface area contributed by atoms with Gasteiger partial charge >= 0.3 is 0 Å². The van der Waals surface area contributed by atoms with Crippen LogP contribution in [0.1, 0.15) is 43.7 Å². The van der Waals surface area contributed by atoms with E-state index in [1.165, 1.54) is 11.3 Å². The van der Waals surface area contributed by atoms with Crippen LogP contribution in [0.2, 0.25) is 5.02 Å². The summed E-state index contributed by atoms with van der Waals surface area (Å²) in [4.78, 5) is 29.7. The molecule has 10 heteroatoms. The highest BCUT2D eigenvalue weighted by molar-refractivity contribution is 6.30. The van der Waals surface area contributed by atoms with Crippen molar-refractivity contribution in [3.8, 4) is 11.5 Å². The summed E-state index contributed by atoms with van der Waals surface area (Å²) in [6, 6.07) is 18.8. The zero-order valence-electron chi connectivity index (χ0n) is 21.3. The molecular formula is C29H28ClN5O4. The van der Waals surface area contributed by atoms with Crippen LogP contribution in [0, 0.1) is 0 Å². The molecule has 1 aromatic heterocycles. The Morgan fingerprint density at radius 3 is 2.59 bits per heavy atom. The maximum Gasteiger partial charge on any atom is 0.249 e. The van der Waals surface area contributed by atoms with Crippen LogP contribution in [0.4, 0.5) is 5.69 Å². The summed E-state index contributed by atoms with van der Waals surface area (Å²) in [6.07, 6.45) is 5.14. The van der Waals surface area contributed by atoms with Gasteiger partial charge in [0, 0.05) is 22.8 Å². The van der Waals surface area contributed by atoms with Crippen LogP contribution in [-0.4, -0.2) is 39.6 Å². The van der Waals surface area contributed by atoms with E-state index in [0.717, 1.165) is 31.2 Å². The fraction of sp³-hybridized carbons (Fsp3) is 0.310. The van der Waals surface area contributed by atoms with E-state index in [0.29, 0.717) is 33.3 Å². The van der Waals surface area contributed by atoms with Gasteiger partial charge in [0.2, 0.25) is 18.6 Å². The molecule has 0 saturated heterocycles. The minimum Gasteiger partial charge on any atom is -0.454 e. The van der Waals surface area contributed by atoms with Crippen molar-refractivity contribution in [1.82, 2.24) is 20.3 Å². The second kappa shape index (κ2) is 10.9. The molecule has 1 aliphatic carbocycles. The van der Waals surface area contributed by atoms with Gasteiger partial charge in [-0.25, -0.2) is 4.68 Å². The molecule has 0 radical (unpaired) electrons. The first-order chi connectivity index (χ1) is 19.1. The predicted molar refractivity (Wildman–Crippen MR) is 147 cm³/mol. The molecule has 1 atom stereocenters. The molecule has 1 aliphatic heterocycles. The van der Waals surface area contributed by atoms with E-state index in [9.17, 15) is 9.59 Å². The van der Waals surface area contributed by atoms with E-state index in [4.69, 9.17) is 21.1 Å². The van der Waals surface area contributed by atoms with Crippen LogP contribution < -0.4 is 19.7 Å². The number of carbonyl (C=O) groups excluding carboxylic acids is 2. The number of nitrogens with one attached hydrogen (secondary N) is 1. The van der Waals surface area contributed by atoms with Crippen molar-refractivity contribution in [3.05, 3.63) is 77.3 Å². The van der Waals surface area contributed by atoms with Crippen molar-refractivity contribution < 1.29 is 19.1 Å². The van der Waals surface area contributed by atoms with Gasteiger partial charge in [-0.2, -0.15) is 0 Å². The Balaban J connectivity index is 1.42. The number of carbonyl (C=O) groups is 2. The average Bonchev–Trinajstić information content (AvgIpc) is 3.59. The number of benzene rings is 3. The fourth-order valence-corrected chi connectivity index (χ4v) is 5.43. The van der Waals surface area contributed by atoms with E-state index in [1.807, 2.05) is 24.3 Å².